The number of hydrogen-bond acceptors (Lipinski definition) is 2. The lowest BCUT2D eigenvalue weighted by molar-refractivity contribution is 0.113. The molecule has 3 aliphatic carbocycles. The molecule has 0 heterocycles. The number of hydrogen-bond donors (Lipinski definition) is 1. The minimum atomic E-state index is 0.380. The highest BCUT2D eigenvalue weighted by molar-refractivity contribution is 7.80. The van der Waals surface area contributed by atoms with Crippen molar-refractivity contribution in [3.63, 3.8) is 0 Å². The number of para-hydroxylation sites is 1. The van der Waals surface area contributed by atoms with Gasteiger partial charge in [0.15, 0.2) is 0 Å². The zero-order valence-electron chi connectivity index (χ0n) is 17.3. The average Bonchev–Trinajstić information content (AvgIpc) is 3.14. The molecule has 2 nitrogen and oxygen atoms in total. The van der Waals surface area contributed by atoms with Crippen molar-refractivity contribution in [3.05, 3.63) is 30.3 Å². The highest BCUT2D eigenvalue weighted by atomic mass is 32.1. The maximum absolute atomic E-state index is 6.03. The second kappa shape index (κ2) is 7.48. The Hall–Kier alpha value is -0.930. The first-order chi connectivity index (χ1) is 12.9. The number of nitrogens with one attached hydrogen (secondary N) is 1. The Labute approximate surface area is 171 Å². The summed E-state index contributed by atoms with van der Waals surface area (Å²) < 4.78 is 0. The van der Waals surface area contributed by atoms with Crippen LogP contribution in [-0.4, -0.2) is 23.6 Å². The van der Waals surface area contributed by atoms with Gasteiger partial charge in [0, 0.05) is 24.3 Å². The Kier molecular flexibility index (Phi) is 5.37. The third-order valence-electron chi connectivity index (χ3n) is 7.97. The van der Waals surface area contributed by atoms with E-state index in [4.69, 9.17) is 12.2 Å². The molecule has 2 bridgehead atoms. The van der Waals surface area contributed by atoms with E-state index in [0.717, 1.165) is 17.5 Å². The Bertz CT molecular complexity index is 659. The van der Waals surface area contributed by atoms with E-state index >= 15 is 0 Å². The summed E-state index contributed by atoms with van der Waals surface area (Å²) in [6.45, 7) is 8.27. The van der Waals surface area contributed by atoms with E-state index in [1.54, 1.807) is 0 Å². The van der Waals surface area contributed by atoms with Gasteiger partial charge in [-0.3, -0.25) is 0 Å². The molecule has 3 atom stereocenters. The first-order valence-corrected chi connectivity index (χ1v) is 11.4. The second-order valence-corrected chi connectivity index (χ2v) is 10.6. The first kappa shape index (κ1) is 19.4. The molecule has 3 fully saturated rings. The van der Waals surface area contributed by atoms with Crippen LogP contribution < -0.4 is 10.2 Å². The molecule has 3 heteroatoms. The molecule has 1 aromatic rings. The van der Waals surface area contributed by atoms with Crippen LogP contribution in [-0.2, 0) is 0 Å². The summed E-state index contributed by atoms with van der Waals surface area (Å²) in [4.78, 5) is 3.56. The van der Waals surface area contributed by atoms with Crippen molar-refractivity contribution in [1.29, 1.82) is 0 Å². The Morgan fingerprint density at radius 1 is 1.07 bits per heavy atom. The standard InChI is InChI=1S/C24H36N2S/c1-23(2)18-14-15-24(3,16-18)22(23)25-17-21(27)26(19-10-6-4-7-11-19)20-12-8-5-9-13-20/h4,6-7,10-11,18,20,22,25H,5,8-9,12-17H2,1-3H3. The van der Waals surface area contributed by atoms with Gasteiger partial charge in [0.05, 0.1) is 4.99 Å². The van der Waals surface area contributed by atoms with Gasteiger partial charge in [-0.05, 0) is 61.0 Å². The van der Waals surface area contributed by atoms with Crippen LogP contribution in [0, 0.1) is 16.7 Å². The lowest BCUT2D eigenvalue weighted by Crippen LogP contribution is -2.54. The van der Waals surface area contributed by atoms with Crippen molar-refractivity contribution in [2.24, 2.45) is 16.7 Å². The first-order valence-electron chi connectivity index (χ1n) is 11.0. The molecule has 0 aromatic heterocycles. The highest BCUT2D eigenvalue weighted by Crippen LogP contribution is 2.62. The van der Waals surface area contributed by atoms with E-state index in [1.807, 2.05) is 0 Å². The van der Waals surface area contributed by atoms with Gasteiger partial charge in [-0.25, -0.2) is 0 Å². The summed E-state index contributed by atoms with van der Waals surface area (Å²) in [5, 5.41) is 3.95. The van der Waals surface area contributed by atoms with E-state index in [-0.39, 0.29) is 0 Å². The normalized spacial score (nSPS) is 32.6. The Morgan fingerprint density at radius 3 is 2.41 bits per heavy atom. The van der Waals surface area contributed by atoms with Crippen LogP contribution in [0.1, 0.15) is 72.1 Å². The monoisotopic (exact) mass is 384 g/mol. The Balaban J connectivity index is 1.49. The van der Waals surface area contributed by atoms with Gasteiger partial charge in [-0.2, -0.15) is 0 Å². The molecule has 1 aromatic carbocycles. The third kappa shape index (κ3) is 3.58. The number of thiocarbonyl (C=S) groups is 1. The largest absolute Gasteiger partial charge is 0.332 e. The Morgan fingerprint density at radius 2 is 1.78 bits per heavy atom. The van der Waals surface area contributed by atoms with Gasteiger partial charge in [-0.15, -0.1) is 0 Å². The summed E-state index contributed by atoms with van der Waals surface area (Å²) >= 11 is 6.03. The summed E-state index contributed by atoms with van der Waals surface area (Å²) in [5.74, 6) is 0.872. The topological polar surface area (TPSA) is 15.3 Å². The van der Waals surface area contributed by atoms with E-state index in [1.165, 1.54) is 57.1 Å². The smallest absolute Gasteiger partial charge is 0.0966 e. The molecule has 0 amide bonds. The van der Waals surface area contributed by atoms with Crippen molar-refractivity contribution in [2.45, 2.75) is 84.2 Å². The number of rotatable bonds is 5. The van der Waals surface area contributed by atoms with Crippen molar-refractivity contribution >= 4 is 22.9 Å². The molecule has 0 saturated heterocycles. The van der Waals surface area contributed by atoms with Gasteiger partial charge in [0.1, 0.15) is 0 Å². The van der Waals surface area contributed by atoms with Crippen molar-refractivity contribution in [3.8, 4) is 0 Å². The minimum Gasteiger partial charge on any atom is -0.332 e. The molecular formula is C24H36N2S. The maximum atomic E-state index is 6.03. The fraction of sp³-hybridized carbons (Fsp3) is 0.708. The molecule has 4 rings (SSSR count). The minimum absolute atomic E-state index is 0.380. The van der Waals surface area contributed by atoms with Crippen molar-refractivity contribution in [1.82, 2.24) is 5.32 Å². The van der Waals surface area contributed by atoms with Gasteiger partial charge < -0.3 is 10.2 Å². The van der Waals surface area contributed by atoms with Gasteiger partial charge in [-0.1, -0.05) is 70.5 Å². The van der Waals surface area contributed by atoms with Crippen LogP contribution in [0.3, 0.4) is 0 Å². The molecule has 0 spiro atoms. The fourth-order valence-electron chi connectivity index (χ4n) is 6.57. The SMILES string of the molecule is CC12CCC(C1)C(C)(C)C2NCC(=S)N(c1ccccc1)C1CCCCC1. The van der Waals surface area contributed by atoms with E-state index in [9.17, 15) is 0 Å². The van der Waals surface area contributed by atoms with Crippen LogP contribution in [0.4, 0.5) is 5.69 Å². The third-order valence-corrected chi connectivity index (χ3v) is 8.31. The molecule has 0 aliphatic heterocycles. The van der Waals surface area contributed by atoms with Crippen LogP contribution in [0.15, 0.2) is 30.3 Å². The summed E-state index contributed by atoms with van der Waals surface area (Å²) in [7, 11) is 0. The fourth-order valence-corrected chi connectivity index (χ4v) is 6.91. The van der Waals surface area contributed by atoms with E-state index in [0.29, 0.717) is 22.9 Å². The molecule has 27 heavy (non-hydrogen) atoms. The maximum Gasteiger partial charge on any atom is 0.0966 e. The molecular weight excluding hydrogens is 348 g/mol. The number of nitrogens with zero attached hydrogens (tertiary/aromatic N) is 1. The quantitative estimate of drug-likeness (QED) is 0.631. The summed E-state index contributed by atoms with van der Waals surface area (Å²) in [5.41, 5.74) is 2.10. The van der Waals surface area contributed by atoms with Crippen LogP contribution >= 0.6 is 12.2 Å². The lowest BCUT2D eigenvalue weighted by atomic mass is 9.68. The molecule has 3 aliphatic rings. The molecule has 3 saturated carbocycles. The van der Waals surface area contributed by atoms with Crippen LogP contribution in [0.2, 0.25) is 0 Å². The second-order valence-electron chi connectivity index (χ2n) is 10.1. The number of fused-ring (bicyclic) bond motifs is 2. The average molecular weight is 385 g/mol. The highest BCUT2D eigenvalue weighted by Gasteiger charge is 2.59. The van der Waals surface area contributed by atoms with Crippen molar-refractivity contribution < 1.29 is 0 Å². The van der Waals surface area contributed by atoms with Crippen LogP contribution in [0.25, 0.3) is 0 Å². The number of anilines is 1. The van der Waals surface area contributed by atoms with Crippen LogP contribution in [0.5, 0.6) is 0 Å². The zero-order chi connectivity index (χ0) is 19.1. The predicted molar refractivity (Wildman–Crippen MR) is 119 cm³/mol. The molecule has 0 radical (unpaired) electrons. The van der Waals surface area contributed by atoms with E-state index in [2.05, 4.69) is 61.3 Å². The zero-order valence-corrected chi connectivity index (χ0v) is 18.2. The van der Waals surface area contributed by atoms with E-state index < -0.39 is 0 Å². The van der Waals surface area contributed by atoms with Gasteiger partial charge in [0.25, 0.3) is 0 Å². The predicted octanol–water partition coefficient (Wildman–Crippen LogP) is 5.96. The number of benzene rings is 1. The molecule has 3 unspecified atom stereocenters. The lowest BCUT2D eigenvalue weighted by Gasteiger charge is -2.44. The van der Waals surface area contributed by atoms with Gasteiger partial charge in [0.2, 0.25) is 0 Å². The van der Waals surface area contributed by atoms with Crippen molar-refractivity contribution in [2.75, 3.05) is 11.4 Å². The summed E-state index contributed by atoms with van der Waals surface area (Å²) in [6, 6.07) is 12.0. The molecule has 148 valence electrons. The summed E-state index contributed by atoms with van der Waals surface area (Å²) in [6.07, 6.45) is 10.7. The molecule has 1 N–H and O–H groups in total. The van der Waals surface area contributed by atoms with Gasteiger partial charge >= 0.3 is 0 Å².